The molecule has 1 aromatic carbocycles. The third-order valence-electron chi connectivity index (χ3n) is 2.20. The fourth-order valence-corrected chi connectivity index (χ4v) is 1.67. The predicted octanol–water partition coefficient (Wildman–Crippen LogP) is 3.12. The summed E-state index contributed by atoms with van der Waals surface area (Å²) in [6, 6.07) is 5.22. The van der Waals surface area contributed by atoms with Crippen LogP contribution in [0.1, 0.15) is 0 Å². The summed E-state index contributed by atoms with van der Waals surface area (Å²) in [5.41, 5.74) is 6.86. The Bertz CT molecular complexity index is 577. The largest absolute Gasteiger partial charge is 0.495 e. The topological polar surface area (TPSA) is 73.1 Å². The van der Waals surface area contributed by atoms with Crippen LogP contribution in [0.5, 0.6) is 5.75 Å². The Morgan fingerprint density at radius 2 is 2.11 bits per heavy atom. The zero-order chi connectivity index (χ0) is 13.1. The first-order valence-corrected chi connectivity index (χ1v) is 5.74. The van der Waals surface area contributed by atoms with E-state index in [1.54, 1.807) is 25.3 Å². The summed E-state index contributed by atoms with van der Waals surface area (Å²) in [6.07, 6.45) is 1.44. The van der Waals surface area contributed by atoms with Gasteiger partial charge in [-0.05, 0) is 23.7 Å². The van der Waals surface area contributed by atoms with E-state index < -0.39 is 0 Å². The summed E-state index contributed by atoms with van der Waals surface area (Å²) in [7, 11) is 1.54. The van der Waals surface area contributed by atoms with Crippen molar-refractivity contribution in [1.82, 2.24) is 9.97 Å². The van der Waals surface area contributed by atoms with E-state index in [0.29, 0.717) is 22.3 Å². The number of nitrogen functional groups attached to an aromatic ring is 1. The van der Waals surface area contributed by atoms with Crippen LogP contribution in [0.4, 0.5) is 17.2 Å². The van der Waals surface area contributed by atoms with Gasteiger partial charge in [0.2, 0.25) is 5.28 Å². The Hall–Kier alpha value is -1.72. The molecule has 0 atom stereocenters. The molecule has 0 aliphatic heterocycles. The highest BCUT2D eigenvalue weighted by atomic mass is 35.5. The van der Waals surface area contributed by atoms with Gasteiger partial charge in [0.15, 0.2) is 5.82 Å². The summed E-state index contributed by atoms with van der Waals surface area (Å²) in [6.45, 7) is 0. The van der Waals surface area contributed by atoms with Gasteiger partial charge in [-0.3, -0.25) is 0 Å². The molecule has 0 aliphatic carbocycles. The van der Waals surface area contributed by atoms with Gasteiger partial charge >= 0.3 is 0 Å². The molecule has 18 heavy (non-hydrogen) atoms. The molecule has 3 N–H and O–H groups in total. The normalized spacial score (nSPS) is 10.2. The number of methoxy groups -OCH3 is 1. The number of rotatable bonds is 3. The molecule has 0 saturated carbocycles. The number of aromatic nitrogens is 2. The van der Waals surface area contributed by atoms with E-state index in [2.05, 4.69) is 15.3 Å². The van der Waals surface area contributed by atoms with Crippen LogP contribution in [0.3, 0.4) is 0 Å². The van der Waals surface area contributed by atoms with Crippen LogP contribution in [-0.4, -0.2) is 17.1 Å². The van der Waals surface area contributed by atoms with E-state index in [1.165, 1.54) is 6.20 Å². The maximum atomic E-state index is 5.93. The van der Waals surface area contributed by atoms with Crippen molar-refractivity contribution < 1.29 is 4.74 Å². The van der Waals surface area contributed by atoms with E-state index in [1.807, 2.05) is 0 Å². The lowest BCUT2D eigenvalue weighted by Gasteiger charge is -2.10. The Labute approximate surface area is 114 Å². The van der Waals surface area contributed by atoms with Gasteiger partial charge in [-0.1, -0.05) is 11.6 Å². The van der Waals surface area contributed by atoms with E-state index in [-0.39, 0.29) is 5.28 Å². The van der Waals surface area contributed by atoms with E-state index in [4.69, 9.17) is 33.7 Å². The molecule has 1 heterocycles. The van der Waals surface area contributed by atoms with Crippen LogP contribution in [0.25, 0.3) is 0 Å². The van der Waals surface area contributed by atoms with Crippen molar-refractivity contribution in [2.24, 2.45) is 0 Å². The number of hydrogen-bond donors (Lipinski definition) is 2. The highest BCUT2D eigenvalue weighted by Gasteiger charge is 2.06. The van der Waals surface area contributed by atoms with Gasteiger partial charge in [0.05, 0.1) is 24.0 Å². The van der Waals surface area contributed by atoms with Gasteiger partial charge in [-0.15, -0.1) is 0 Å². The first-order chi connectivity index (χ1) is 8.60. The molecule has 0 saturated heterocycles. The molecule has 0 fully saturated rings. The molecule has 94 valence electrons. The summed E-state index contributed by atoms with van der Waals surface area (Å²) < 4.78 is 5.12. The van der Waals surface area contributed by atoms with Gasteiger partial charge in [-0.2, -0.15) is 4.98 Å². The predicted molar refractivity (Wildman–Crippen MR) is 72.7 cm³/mol. The monoisotopic (exact) mass is 284 g/mol. The molecule has 2 aromatic rings. The number of hydrogen-bond acceptors (Lipinski definition) is 5. The second-order valence-corrected chi connectivity index (χ2v) is 4.16. The van der Waals surface area contributed by atoms with Crippen LogP contribution in [0.15, 0.2) is 24.4 Å². The SMILES string of the molecule is COc1cc(Nc2nc(Cl)ncc2N)ccc1Cl. The lowest BCUT2D eigenvalue weighted by Crippen LogP contribution is -2.01. The minimum absolute atomic E-state index is 0.118. The number of benzene rings is 1. The standard InChI is InChI=1S/C11H10Cl2N4O/c1-18-9-4-6(2-3-7(9)12)16-10-8(14)5-15-11(13)17-10/h2-5H,14H2,1H3,(H,15,16,17). The zero-order valence-corrected chi connectivity index (χ0v) is 11.0. The van der Waals surface area contributed by atoms with Crippen molar-refractivity contribution in [3.63, 3.8) is 0 Å². The van der Waals surface area contributed by atoms with E-state index in [9.17, 15) is 0 Å². The van der Waals surface area contributed by atoms with Gasteiger partial charge in [-0.25, -0.2) is 4.98 Å². The van der Waals surface area contributed by atoms with Crippen molar-refractivity contribution in [1.29, 1.82) is 0 Å². The molecule has 0 spiro atoms. The Balaban J connectivity index is 2.31. The van der Waals surface area contributed by atoms with Crippen molar-refractivity contribution in [3.8, 4) is 5.75 Å². The third kappa shape index (κ3) is 2.75. The van der Waals surface area contributed by atoms with Crippen LogP contribution in [0, 0.1) is 0 Å². The van der Waals surface area contributed by atoms with Crippen LogP contribution in [0.2, 0.25) is 10.3 Å². The van der Waals surface area contributed by atoms with Crippen LogP contribution < -0.4 is 15.8 Å². The highest BCUT2D eigenvalue weighted by molar-refractivity contribution is 6.32. The number of nitrogens with one attached hydrogen (secondary N) is 1. The maximum Gasteiger partial charge on any atom is 0.224 e. The molecule has 2 rings (SSSR count). The summed E-state index contributed by atoms with van der Waals surface area (Å²) in [4.78, 5) is 7.76. The summed E-state index contributed by atoms with van der Waals surface area (Å²) >= 11 is 11.6. The van der Waals surface area contributed by atoms with Crippen molar-refractivity contribution in [3.05, 3.63) is 34.7 Å². The zero-order valence-electron chi connectivity index (χ0n) is 9.45. The number of halogens is 2. The first kappa shape index (κ1) is 12.7. The fraction of sp³-hybridized carbons (Fsp3) is 0.0909. The molecule has 0 radical (unpaired) electrons. The Kier molecular flexibility index (Phi) is 3.74. The first-order valence-electron chi connectivity index (χ1n) is 4.98. The van der Waals surface area contributed by atoms with E-state index in [0.717, 1.165) is 5.69 Å². The Morgan fingerprint density at radius 1 is 1.33 bits per heavy atom. The number of anilines is 3. The molecule has 0 aliphatic rings. The lowest BCUT2D eigenvalue weighted by molar-refractivity contribution is 0.415. The minimum Gasteiger partial charge on any atom is -0.495 e. The van der Waals surface area contributed by atoms with Gasteiger partial charge in [0.25, 0.3) is 0 Å². The number of nitrogens with zero attached hydrogens (tertiary/aromatic N) is 2. The van der Waals surface area contributed by atoms with Crippen LogP contribution in [-0.2, 0) is 0 Å². The minimum atomic E-state index is 0.118. The number of nitrogens with two attached hydrogens (primary N) is 1. The molecule has 0 amide bonds. The third-order valence-corrected chi connectivity index (χ3v) is 2.70. The van der Waals surface area contributed by atoms with Crippen LogP contribution >= 0.6 is 23.2 Å². The van der Waals surface area contributed by atoms with Crippen molar-refractivity contribution in [2.45, 2.75) is 0 Å². The second kappa shape index (κ2) is 5.29. The second-order valence-electron chi connectivity index (χ2n) is 3.42. The molecule has 0 bridgehead atoms. The van der Waals surface area contributed by atoms with E-state index >= 15 is 0 Å². The maximum absolute atomic E-state index is 5.93. The summed E-state index contributed by atoms with van der Waals surface area (Å²) in [5, 5.41) is 3.66. The summed E-state index contributed by atoms with van der Waals surface area (Å²) in [5.74, 6) is 0.986. The van der Waals surface area contributed by atoms with Crippen molar-refractivity contribution >= 4 is 40.4 Å². The molecule has 7 heteroatoms. The molecule has 5 nitrogen and oxygen atoms in total. The number of ether oxygens (including phenoxy) is 1. The molecule has 1 aromatic heterocycles. The quantitative estimate of drug-likeness (QED) is 0.848. The van der Waals surface area contributed by atoms with Gasteiger partial charge < -0.3 is 15.8 Å². The molecular weight excluding hydrogens is 275 g/mol. The van der Waals surface area contributed by atoms with Crippen molar-refractivity contribution in [2.75, 3.05) is 18.2 Å². The molecular formula is C11H10Cl2N4O. The average Bonchev–Trinajstić information content (AvgIpc) is 2.36. The smallest absolute Gasteiger partial charge is 0.224 e. The average molecular weight is 285 g/mol. The highest BCUT2D eigenvalue weighted by Crippen LogP contribution is 2.29. The lowest BCUT2D eigenvalue weighted by atomic mass is 10.3. The molecule has 0 unspecified atom stereocenters. The Morgan fingerprint density at radius 3 is 2.83 bits per heavy atom. The van der Waals surface area contributed by atoms with Gasteiger partial charge in [0.1, 0.15) is 5.75 Å². The fourth-order valence-electron chi connectivity index (χ4n) is 1.34. The van der Waals surface area contributed by atoms with Gasteiger partial charge in [0, 0.05) is 11.8 Å².